The number of carbonyl (C=O) groups excluding carboxylic acids is 1. The van der Waals surface area contributed by atoms with Crippen LogP contribution in [0, 0.1) is 23.4 Å². The Kier molecular flexibility index (Phi) is 4.48. The van der Waals surface area contributed by atoms with Gasteiger partial charge in [-0.3, -0.25) is 4.79 Å². The second-order valence-corrected chi connectivity index (χ2v) is 4.61. The van der Waals surface area contributed by atoms with Gasteiger partial charge in [-0.25, -0.2) is 23.2 Å². The maximum absolute atomic E-state index is 13.4. The van der Waals surface area contributed by atoms with Gasteiger partial charge >= 0.3 is 12.0 Å². The average molecular weight is 314 g/mol. The van der Waals surface area contributed by atoms with E-state index in [2.05, 4.69) is 14.7 Å². The first-order chi connectivity index (χ1) is 10.4. The minimum atomic E-state index is -1.59. The molecular formula is C14H13F3N2O3. The predicted molar refractivity (Wildman–Crippen MR) is 72.1 cm³/mol. The van der Waals surface area contributed by atoms with Crippen molar-refractivity contribution in [3.63, 3.8) is 0 Å². The molecule has 22 heavy (non-hydrogen) atoms. The second-order valence-electron chi connectivity index (χ2n) is 4.61. The Labute approximate surface area is 124 Å². The summed E-state index contributed by atoms with van der Waals surface area (Å²) in [5.74, 6) is -5.97. The summed E-state index contributed by atoms with van der Waals surface area (Å²) in [6.45, 7) is 1.54. The van der Waals surface area contributed by atoms with E-state index in [4.69, 9.17) is 4.74 Å². The van der Waals surface area contributed by atoms with Crippen LogP contribution in [0.5, 0.6) is 0 Å². The molecule has 0 spiro atoms. The molecule has 5 nitrogen and oxygen atoms in total. The molecule has 0 aliphatic carbocycles. The van der Waals surface area contributed by atoms with Crippen molar-refractivity contribution in [1.82, 2.24) is 0 Å². The smallest absolute Gasteiger partial charge is 0.316 e. The molecule has 2 atom stereocenters. The van der Waals surface area contributed by atoms with Gasteiger partial charge in [-0.15, -0.1) is 0 Å². The van der Waals surface area contributed by atoms with Crippen molar-refractivity contribution in [2.24, 2.45) is 15.9 Å². The molecule has 0 saturated heterocycles. The Bertz CT molecular complexity index is 650. The zero-order chi connectivity index (χ0) is 16.4. The molecule has 1 heterocycles. The Balaban J connectivity index is 2.55. The lowest BCUT2D eigenvalue weighted by Crippen LogP contribution is -2.33. The van der Waals surface area contributed by atoms with Crippen LogP contribution in [-0.4, -0.2) is 31.9 Å². The van der Waals surface area contributed by atoms with Gasteiger partial charge in [0.2, 0.25) is 0 Å². The SMILES string of the molecule is COC(=O)C1C(C)=NC(OC)=NC1c1cc(F)c(F)c(F)c1. The van der Waals surface area contributed by atoms with Crippen molar-refractivity contribution in [2.75, 3.05) is 14.2 Å². The molecular weight excluding hydrogens is 301 g/mol. The number of nitrogens with zero attached hydrogens (tertiary/aromatic N) is 2. The molecule has 0 amide bonds. The van der Waals surface area contributed by atoms with Gasteiger partial charge < -0.3 is 9.47 Å². The van der Waals surface area contributed by atoms with Crippen LogP contribution in [0.4, 0.5) is 13.2 Å². The number of ether oxygens (including phenoxy) is 2. The van der Waals surface area contributed by atoms with E-state index in [-0.39, 0.29) is 11.6 Å². The summed E-state index contributed by atoms with van der Waals surface area (Å²) in [5.41, 5.74) is 0.296. The number of benzene rings is 1. The zero-order valence-electron chi connectivity index (χ0n) is 12.1. The molecule has 8 heteroatoms. The molecule has 1 aromatic carbocycles. The highest BCUT2D eigenvalue weighted by atomic mass is 19.2. The number of rotatable bonds is 2. The fourth-order valence-electron chi connectivity index (χ4n) is 2.21. The largest absolute Gasteiger partial charge is 0.468 e. The third kappa shape index (κ3) is 2.81. The number of methoxy groups -OCH3 is 2. The van der Waals surface area contributed by atoms with Crippen LogP contribution in [0.2, 0.25) is 0 Å². The normalized spacial score (nSPS) is 21.0. The number of aliphatic imine (C=N–C) groups is 2. The van der Waals surface area contributed by atoms with E-state index in [1.165, 1.54) is 14.2 Å². The summed E-state index contributed by atoms with van der Waals surface area (Å²) >= 11 is 0. The quantitative estimate of drug-likeness (QED) is 0.622. The van der Waals surface area contributed by atoms with Crippen LogP contribution >= 0.6 is 0 Å². The summed E-state index contributed by atoms with van der Waals surface area (Å²) in [7, 11) is 2.49. The van der Waals surface area contributed by atoms with Gasteiger partial charge in [0.15, 0.2) is 17.5 Å². The van der Waals surface area contributed by atoms with Gasteiger partial charge in [0, 0.05) is 5.71 Å². The summed E-state index contributed by atoms with van der Waals surface area (Å²) in [6, 6.07) is 0.500. The number of amidine groups is 1. The Hall–Kier alpha value is -2.38. The fourth-order valence-corrected chi connectivity index (χ4v) is 2.21. The standard InChI is InChI=1S/C14H13F3N2O3/c1-6-10(13(20)21-2)12(19-14(18-6)22-3)7-4-8(15)11(17)9(16)5-7/h4-5,10,12H,1-3H3. The third-order valence-corrected chi connectivity index (χ3v) is 3.27. The van der Waals surface area contributed by atoms with Crippen LogP contribution in [-0.2, 0) is 14.3 Å². The van der Waals surface area contributed by atoms with Crippen LogP contribution in [0.25, 0.3) is 0 Å². The lowest BCUT2D eigenvalue weighted by Gasteiger charge is -2.26. The van der Waals surface area contributed by atoms with E-state index >= 15 is 0 Å². The molecule has 0 saturated carbocycles. The topological polar surface area (TPSA) is 60.2 Å². The molecule has 0 radical (unpaired) electrons. The van der Waals surface area contributed by atoms with Gasteiger partial charge in [-0.05, 0) is 24.6 Å². The molecule has 1 aromatic rings. The summed E-state index contributed by atoms with van der Waals surface area (Å²) in [6.07, 6.45) is 0. The number of carbonyl (C=O) groups is 1. The summed E-state index contributed by atoms with van der Waals surface area (Å²) in [4.78, 5) is 19.9. The first-order valence-corrected chi connectivity index (χ1v) is 6.28. The number of hydrogen-bond donors (Lipinski definition) is 0. The van der Waals surface area contributed by atoms with E-state index in [0.717, 1.165) is 12.1 Å². The van der Waals surface area contributed by atoms with Crippen molar-refractivity contribution in [3.05, 3.63) is 35.1 Å². The minimum Gasteiger partial charge on any atom is -0.468 e. The summed E-state index contributed by atoms with van der Waals surface area (Å²) < 4.78 is 49.6. The average Bonchev–Trinajstić information content (AvgIpc) is 2.50. The molecule has 0 bridgehead atoms. The maximum Gasteiger partial charge on any atom is 0.316 e. The number of halogens is 3. The molecule has 1 aliphatic rings. The highest BCUT2D eigenvalue weighted by molar-refractivity contribution is 6.07. The zero-order valence-corrected chi connectivity index (χ0v) is 12.1. The van der Waals surface area contributed by atoms with E-state index < -0.39 is 35.4 Å². The Morgan fingerprint density at radius 3 is 2.27 bits per heavy atom. The van der Waals surface area contributed by atoms with Crippen LogP contribution < -0.4 is 0 Å². The number of hydrogen-bond acceptors (Lipinski definition) is 5. The van der Waals surface area contributed by atoms with Crippen molar-refractivity contribution in [1.29, 1.82) is 0 Å². The van der Waals surface area contributed by atoms with Crippen molar-refractivity contribution in [3.8, 4) is 0 Å². The van der Waals surface area contributed by atoms with E-state index in [0.29, 0.717) is 5.71 Å². The number of esters is 1. The third-order valence-electron chi connectivity index (χ3n) is 3.27. The lowest BCUT2D eigenvalue weighted by atomic mass is 9.89. The lowest BCUT2D eigenvalue weighted by molar-refractivity contribution is -0.143. The fraction of sp³-hybridized carbons (Fsp3) is 0.357. The molecule has 0 N–H and O–H groups in total. The van der Waals surface area contributed by atoms with Gasteiger partial charge in [-0.1, -0.05) is 0 Å². The first kappa shape index (κ1) is 16.0. The van der Waals surface area contributed by atoms with Gasteiger partial charge in [0.05, 0.1) is 20.3 Å². The maximum atomic E-state index is 13.4. The van der Waals surface area contributed by atoms with Crippen molar-refractivity contribution >= 4 is 17.7 Å². The van der Waals surface area contributed by atoms with Crippen molar-refractivity contribution in [2.45, 2.75) is 13.0 Å². The molecule has 1 aliphatic heterocycles. The van der Waals surface area contributed by atoms with Crippen LogP contribution in [0.15, 0.2) is 22.1 Å². The van der Waals surface area contributed by atoms with Crippen LogP contribution in [0.1, 0.15) is 18.5 Å². The van der Waals surface area contributed by atoms with E-state index in [1.807, 2.05) is 0 Å². The van der Waals surface area contributed by atoms with E-state index in [1.54, 1.807) is 6.92 Å². The van der Waals surface area contributed by atoms with E-state index in [9.17, 15) is 18.0 Å². The predicted octanol–water partition coefficient (Wildman–Crippen LogP) is 2.41. The second kappa shape index (κ2) is 6.17. The molecule has 0 fully saturated rings. The highest BCUT2D eigenvalue weighted by Gasteiger charge is 2.37. The molecule has 0 aromatic heterocycles. The Morgan fingerprint density at radius 1 is 1.18 bits per heavy atom. The molecule has 2 unspecified atom stereocenters. The minimum absolute atomic E-state index is 0.0180. The van der Waals surface area contributed by atoms with Crippen molar-refractivity contribution < 1.29 is 27.4 Å². The highest BCUT2D eigenvalue weighted by Crippen LogP contribution is 2.33. The summed E-state index contributed by atoms with van der Waals surface area (Å²) in [5, 5.41) is 0. The molecule has 2 rings (SSSR count). The molecule has 118 valence electrons. The van der Waals surface area contributed by atoms with Gasteiger partial charge in [-0.2, -0.15) is 0 Å². The first-order valence-electron chi connectivity index (χ1n) is 6.28. The Morgan fingerprint density at radius 2 is 1.77 bits per heavy atom. The monoisotopic (exact) mass is 314 g/mol. The van der Waals surface area contributed by atoms with Crippen LogP contribution in [0.3, 0.4) is 0 Å². The van der Waals surface area contributed by atoms with Gasteiger partial charge in [0.1, 0.15) is 5.92 Å². The van der Waals surface area contributed by atoms with Gasteiger partial charge in [0.25, 0.3) is 0 Å².